The Bertz CT molecular complexity index is 1070. The first-order chi connectivity index (χ1) is 13.9. The number of rotatable bonds is 6. The molecule has 7 nitrogen and oxygen atoms in total. The van der Waals surface area contributed by atoms with Gasteiger partial charge < -0.3 is 15.4 Å². The van der Waals surface area contributed by atoms with Crippen molar-refractivity contribution in [3.8, 4) is 5.75 Å². The maximum atomic E-state index is 13.1. The van der Waals surface area contributed by atoms with E-state index in [9.17, 15) is 14.0 Å². The number of carbonyl (C=O) groups excluding carboxylic acids is 2. The van der Waals surface area contributed by atoms with E-state index in [2.05, 4.69) is 20.8 Å². The van der Waals surface area contributed by atoms with Gasteiger partial charge in [-0.2, -0.15) is 5.10 Å². The van der Waals surface area contributed by atoms with Crippen LogP contribution < -0.4 is 15.4 Å². The van der Waals surface area contributed by atoms with Crippen molar-refractivity contribution in [3.63, 3.8) is 0 Å². The number of fused-ring (bicyclic) bond motifs is 1. The molecule has 0 aliphatic rings. The van der Waals surface area contributed by atoms with Gasteiger partial charge >= 0.3 is 0 Å². The highest BCUT2D eigenvalue weighted by Crippen LogP contribution is 2.32. The van der Waals surface area contributed by atoms with Crippen molar-refractivity contribution in [1.29, 1.82) is 0 Å². The Morgan fingerprint density at radius 2 is 1.90 bits per heavy atom. The molecule has 1 aromatic heterocycles. The number of H-pyrrole nitrogens is 1. The molecule has 8 heteroatoms. The maximum Gasteiger partial charge on any atom is 0.255 e. The van der Waals surface area contributed by atoms with Gasteiger partial charge in [0.1, 0.15) is 17.6 Å². The lowest BCUT2D eigenvalue weighted by molar-refractivity contribution is -0.122. The molecule has 0 spiro atoms. The van der Waals surface area contributed by atoms with Gasteiger partial charge in [-0.3, -0.25) is 14.7 Å². The molecule has 3 N–H and O–H groups in total. The molecular formula is C21H21FN4O3. The van der Waals surface area contributed by atoms with Gasteiger partial charge in [0.15, 0.2) is 0 Å². The predicted octanol–water partition coefficient (Wildman–Crippen LogP) is 2.75. The number of benzene rings is 2. The number of hydrogen-bond donors (Lipinski definition) is 3. The monoisotopic (exact) mass is 396 g/mol. The smallest absolute Gasteiger partial charge is 0.255 e. The Hall–Kier alpha value is -3.68. The highest BCUT2D eigenvalue weighted by Gasteiger charge is 2.21. The standard InChI is InChI=1S/C21H21FN4O3/c1-12(20(27)23-2)24-21(28)15-9-11-17-18(19(15)29-3)16(25-26-17)10-6-13-4-7-14(22)8-5-13/h4-12H,1-3H3,(H,23,27)(H,24,28)(H,25,26)/b10-6+/t12-/m0/s1. The van der Waals surface area contributed by atoms with E-state index in [1.807, 2.05) is 0 Å². The Kier molecular flexibility index (Phi) is 5.92. The first-order valence-electron chi connectivity index (χ1n) is 8.95. The summed E-state index contributed by atoms with van der Waals surface area (Å²) in [4.78, 5) is 24.4. The van der Waals surface area contributed by atoms with E-state index in [0.717, 1.165) is 5.56 Å². The van der Waals surface area contributed by atoms with Gasteiger partial charge in [0.05, 0.1) is 29.3 Å². The fourth-order valence-electron chi connectivity index (χ4n) is 2.92. The molecule has 0 fully saturated rings. The Balaban J connectivity index is 1.97. The molecule has 150 valence electrons. The number of methoxy groups -OCH3 is 1. The molecule has 0 aliphatic carbocycles. The topological polar surface area (TPSA) is 96.1 Å². The highest BCUT2D eigenvalue weighted by molar-refractivity contribution is 6.06. The van der Waals surface area contributed by atoms with E-state index in [4.69, 9.17) is 4.74 Å². The molecule has 1 atom stereocenters. The molecule has 0 bridgehead atoms. The molecule has 0 radical (unpaired) electrons. The number of likely N-dealkylation sites (N-methyl/N-ethyl adjacent to an activating group) is 1. The van der Waals surface area contributed by atoms with Crippen LogP contribution in [0.4, 0.5) is 4.39 Å². The van der Waals surface area contributed by atoms with Gasteiger partial charge in [-0.15, -0.1) is 0 Å². The first kappa shape index (κ1) is 20.1. The lowest BCUT2D eigenvalue weighted by Crippen LogP contribution is -2.43. The summed E-state index contributed by atoms with van der Waals surface area (Å²) in [6.45, 7) is 1.59. The van der Waals surface area contributed by atoms with Crippen LogP contribution in [0.25, 0.3) is 23.1 Å². The average Bonchev–Trinajstić information content (AvgIpc) is 3.15. The SMILES string of the molecule is CNC(=O)[C@H](C)NC(=O)c1ccc2n[nH]c(/C=C/c3ccc(F)cc3)c2c1OC. The molecule has 0 aliphatic heterocycles. The van der Waals surface area contributed by atoms with E-state index in [1.165, 1.54) is 26.3 Å². The van der Waals surface area contributed by atoms with Crippen LogP contribution in [0.5, 0.6) is 5.75 Å². The quantitative estimate of drug-likeness (QED) is 0.597. The summed E-state index contributed by atoms with van der Waals surface area (Å²) < 4.78 is 18.6. The number of aromatic nitrogens is 2. The van der Waals surface area contributed by atoms with Gasteiger partial charge in [0.25, 0.3) is 5.91 Å². The second-order valence-electron chi connectivity index (χ2n) is 6.37. The summed E-state index contributed by atoms with van der Waals surface area (Å²) in [6, 6.07) is 8.66. The normalized spacial score (nSPS) is 12.1. The minimum Gasteiger partial charge on any atom is -0.495 e. The van der Waals surface area contributed by atoms with Crippen molar-refractivity contribution in [2.24, 2.45) is 0 Å². The van der Waals surface area contributed by atoms with E-state index >= 15 is 0 Å². The number of nitrogens with zero attached hydrogens (tertiary/aromatic N) is 1. The fourth-order valence-corrected chi connectivity index (χ4v) is 2.92. The molecule has 29 heavy (non-hydrogen) atoms. The Morgan fingerprint density at radius 3 is 2.55 bits per heavy atom. The summed E-state index contributed by atoms with van der Waals surface area (Å²) >= 11 is 0. The van der Waals surface area contributed by atoms with Crippen LogP contribution in [-0.2, 0) is 4.79 Å². The zero-order chi connectivity index (χ0) is 21.0. The van der Waals surface area contributed by atoms with E-state index in [0.29, 0.717) is 22.3 Å². The molecule has 2 aromatic carbocycles. The molecule has 0 saturated carbocycles. The summed E-state index contributed by atoms with van der Waals surface area (Å²) in [5, 5.41) is 12.9. The molecule has 3 rings (SSSR count). The fraction of sp³-hybridized carbons (Fsp3) is 0.190. The van der Waals surface area contributed by atoms with Crippen LogP contribution in [0.2, 0.25) is 0 Å². The Morgan fingerprint density at radius 1 is 1.17 bits per heavy atom. The molecule has 3 aromatic rings. The lowest BCUT2D eigenvalue weighted by Gasteiger charge is -2.14. The third-order valence-electron chi connectivity index (χ3n) is 4.45. The van der Waals surface area contributed by atoms with Crippen LogP contribution in [0, 0.1) is 5.82 Å². The third kappa shape index (κ3) is 4.26. The minimum absolute atomic E-state index is 0.286. The highest BCUT2D eigenvalue weighted by atomic mass is 19.1. The Labute approximate surface area is 166 Å². The van der Waals surface area contributed by atoms with Crippen molar-refractivity contribution in [1.82, 2.24) is 20.8 Å². The molecular weight excluding hydrogens is 375 g/mol. The summed E-state index contributed by atoms with van der Waals surface area (Å²) in [5.74, 6) is -0.701. The summed E-state index contributed by atoms with van der Waals surface area (Å²) in [7, 11) is 2.97. The molecule has 1 heterocycles. The van der Waals surface area contributed by atoms with Crippen molar-refractivity contribution in [2.75, 3.05) is 14.2 Å². The predicted molar refractivity (Wildman–Crippen MR) is 109 cm³/mol. The van der Waals surface area contributed by atoms with Gasteiger partial charge in [0, 0.05) is 7.05 Å². The number of amides is 2. The second-order valence-corrected chi connectivity index (χ2v) is 6.37. The van der Waals surface area contributed by atoms with E-state index in [-0.39, 0.29) is 17.3 Å². The third-order valence-corrected chi connectivity index (χ3v) is 4.45. The summed E-state index contributed by atoms with van der Waals surface area (Å²) in [6.07, 6.45) is 3.58. The van der Waals surface area contributed by atoms with Gasteiger partial charge in [-0.25, -0.2) is 4.39 Å². The molecule has 0 unspecified atom stereocenters. The van der Waals surface area contributed by atoms with Crippen LogP contribution in [0.1, 0.15) is 28.5 Å². The van der Waals surface area contributed by atoms with Gasteiger partial charge in [0.2, 0.25) is 5.91 Å². The second kappa shape index (κ2) is 8.55. The molecule has 0 saturated heterocycles. The first-order valence-corrected chi connectivity index (χ1v) is 8.95. The van der Waals surface area contributed by atoms with Gasteiger partial charge in [-0.05, 0) is 42.8 Å². The van der Waals surface area contributed by atoms with Crippen molar-refractivity contribution in [3.05, 3.63) is 59.0 Å². The summed E-state index contributed by atoms with van der Waals surface area (Å²) in [5.41, 5.74) is 2.35. The van der Waals surface area contributed by atoms with Crippen LogP contribution in [-0.4, -0.2) is 42.2 Å². The number of carbonyl (C=O) groups is 2. The van der Waals surface area contributed by atoms with Gasteiger partial charge in [-0.1, -0.05) is 18.2 Å². The zero-order valence-electron chi connectivity index (χ0n) is 16.2. The minimum atomic E-state index is -0.699. The number of aromatic amines is 1. The average molecular weight is 396 g/mol. The van der Waals surface area contributed by atoms with Crippen LogP contribution in [0.15, 0.2) is 36.4 Å². The number of nitrogens with one attached hydrogen (secondary N) is 3. The zero-order valence-corrected chi connectivity index (χ0v) is 16.2. The van der Waals surface area contributed by atoms with Crippen molar-refractivity contribution in [2.45, 2.75) is 13.0 Å². The molecule has 2 amide bonds. The lowest BCUT2D eigenvalue weighted by atomic mass is 10.1. The van der Waals surface area contributed by atoms with Crippen molar-refractivity contribution < 1.29 is 18.7 Å². The number of ether oxygens (including phenoxy) is 1. The number of hydrogen-bond acceptors (Lipinski definition) is 4. The van der Waals surface area contributed by atoms with Crippen LogP contribution in [0.3, 0.4) is 0 Å². The van der Waals surface area contributed by atoms with Crippen LogP contribution >= 0.6 is 0 Å². The van der Waals surface area contributed by atoms with Crippen molar-refractivity contribution >= 4 is 34.9 Å². The largest absolute Gasteiger partial charge is 0.495 e. The van der Waals surface area contributed by atoms with E-state index in [1.54, 1.807) is 43.3 Å². The van der Waals surface area contributed by atoms with E-state index < -0.39 is 11.9 Å². The number of halogens is 1. The maximum absolute atomic E-state index is 13.1.